The number of hydrogen-bond donors (Lipinski definition) is 2. The van der Waals surface area contributed by atoms with Crippen LogP contribution in [0.4, 0.5) is 11.4 Å². The van der Waals surface area contributed by atoms with Crippen LogP contribution in [0, 0.1) is 0 Å². The van der Waals surface area contributed by atoms with E-state index in [1.807, 2.05) is 0 Å². The van der Waals surface area contributed by atoms with Crippen LogP contribution in [0.5, 0.6) is 0 Å². The Kier molecular flexibility index (Phi) is 5.18. The molecule has 0 bridgehead atoms. The highest BCUT2D eigenvalue weighted by molar-refractivity contribution is 5.63. The Bertz CT molecular complexity index is 843. The fourth-order valence-electron chi connectivity index (χ4n) is 3.59. The summed E-state index contributed by atoms with van der Waals surface area (Å²) in [7, 11) is 0. The van der Waals surface area contributed by atoms with Crippen LogP contribution in [0.3, 0.4) is 0 Å². The molecule has 0 aromatic heterocycles. The van der Waals surface area contributed by atoms with Crippen LogP contribution in [0.25, 0.3) is 0 Å². The van der Waals surface area contributed by atoms with Crippen molar-refractivity contribution >= 4 is 11.4 Å². The molecule has 2 heterocycles. The van der Waals surface area contributed by atoms with Gasteiger partial charge in [0.15, 0.2) is 0 Å². The average molecular weight is 375 g/mol. The van der Waals surface area contributed by atoms with Crippen LogP contribution in [0.1, 0.15) is 63.8 Å². The first-order valence-electron chi connectivity index (χ1n) is 10.1. The summed E-state index contributed by atoms with van der Waals surface area (Å²) in [6.45, 7) is 21.4. The van der Waals surface area contributed by atoms with Crippen molar-refractivity contribution in [2.45, 2.75) is 65.2 Å². The van der Waals surface area contributed by atoms with E-state index in [0.29, 0.717) is 0 Å². The van der Waals surface area contributed by atoms with Crippen molar-refractivity contribution in [3.05, 3.63) is 83.2 Å². The lowest BCUT2D eigenvalue weighted by atomic mass is 9.86. The quantitative estimate of drug-likeness (QED) is 0.522. The van der Waals surface area contributed by atoms with Crippen LogP contribution in [-0.2, 0) is 23.7 Å². The lowest BCUT2D eigenvalue weighted by Gasteiger charge is -2.19. The van der Waals surface area contributed by atoms with E-state index in [4.69, 9.17) is 0 Å². The van der Waals surface area contributed by atoms with Gasteiger partial charge >= 0.3 is 0 Å². The predicted molar refractivity (Wildman–Crippen MR) is 123 cm³/mol. The van der Waals surface area contributed by atoms with Gasteiger partial charge in [-0.05, 0) is 45.2 Å². The summed E-state index contributed by atoms with van der Waals surface area (Å²) < 4.78 is 0. The molecule has 2 aromatic carbocycles. The SMILES string of the molecule is C=C1Cc2cc(C(C)(C)C)ccc2N1.C=C1Cc2cc(C(C)(C)C)ccc2N1. The van der Waals surface area contributed by atoms with Crippen molar-refractivity contribution in [2.24, 2.45) is 0 Å². The van der Waals surface area contributed by atoms with Gasteiger partial charge in [-0.2, -0.15) is 0 Å². The van der Waals surface area contributed by atoms with Gasteiger partial charge in [-0.25, -0.2) is 0 Å². The summed E-state index contributed by atoms with van der Waals surface area (Å²) >= 11 is 0. The zero-order valence-electron chi connectivity index (χ0n) is 18.3. The predicted octanol–water partition coefficient (Wildman–Crippen LogP) is 6.93. The Hall–Kier alpha value is -2.48. The highest BCUT2D eigenvalue weighted by Gasteiger charge is 2.19. The van der Waals surface area contributed by atoms with Gasteiger partial charge in [0.1, 0.15) is 0 Å². The summed E-state index contributed by atoms with van der Waals surface area (Å²) in [6.07, 6.45) is 1.94. The van der Waals surface area contributed by atoms with Gasteiger partial charge in [-0.3, -0.25) is 0 Å². The largest absolute Gasteiger partial charge is 0.359 e. The van der Waals surface area contributed by atoms with Crippen molar-refractivity contribution in [3.8, 4) is 0 Å². The van der Waals surface area contributed by atoms with E-state index in [9.17, 15) is 0 Å². The van der Waals surface area contributed by atoms with E-state index in [1.54, 1.807) is 0 Å². The molecule has 148 valence electrons. The number of hydrogen-bond acceptors (Lipinski definition) is 2. The topological polar surface area (TPSA) is 24.1 Å². The van der Waals surface area contributed by atoms with Crippen LogP contribution >= 0.6 is 0 Å². The molecule has 2 aliphatic heterocycles. The number of allylic oxidation sites excluding steroid dienone is 2. The fraction of sp³-hybridized carbons (Fsp3) is 0.385. The Morgan fingerprint density at radius 1 is 0.643 bits per heavy atom. The maximum atomic E-state index is 3.95. The van der Waals surface area contributed by atoms with Gasteiger partial charge in [0.2, 0.25) is 0 Å². The molecule has 0 radical (unpaired) electrons. The van der Waals surface area contributed by atoms with Crippen molar-refractivity contribution < 1.29 is 0 Å². The molecule has 4 rings (SSSR count). The van der Waals surface area contributed by atoms with Crippen molar-refractivity contribution in [1.29, 1.82) is 0 Å². The number of anilines is 2. The molecule has 0 saturated heterocycles. The van der Waals surface area contributed by atoms with Gasteiger partial charge in [-0.15, -0.1) is 0 Å². The molecule has 0 amide bonds. The third-order valence-corrected chi connectivity index (χ3v) is 5.37. The summed E-state index contributed by atoms with van der Waals surface area (Å²) in [5.74, 6) is 0. The van der Waals surface area contributed by atoms with Crippen molar-refractivity contribution in [3.63, 3.8) is 0 Å². The number of fused-ring (bicyclic) bond motifs is 2. The van der Waals surface area contributed by atoms with E-state index >= 15 is 0 Å². The Labute approximate surface area is 170 Å². The summed E-state index contributed by atoms with van der Waals surface area (Å²) in [5, 5.41) is 6.56. The monoisotopic (exact) mass is 374 g/mol. The lowest BCUT2D eigenvalue weighted by molar-refractivity contribution is 0.589. The molecule has 2 aliphatic rings. The third-order valence-electron chi connectivity index (χ3n) is 5.37. The number of rotatable bonds is 0. The molecule has 2 heteroatoms. The Morgan fingerprint density at radius 2 is 1.00 bits per heavy atom. The first-order valence-corrected chi connectivity index (χ1v) is 10.1. The average Bonchev–Trinajstić information content (AvgIpc) is 3.12. The van der Waals surface area contributed by atoms with Crippen LogP contribution in [0.2, 0.25) is 0 Å². The first-order chi connectivity index (χ1) is 12.9. The normalized spacial score (nSPS) is 15.2. The minimum absolute atomic E-state index is 0.235. The smallest absolute Gasteiger partial charge is 0.0418 e. The second-order valence-corrected chi connectivity index (χ2v) is 10.1. The van der Waals surface area contributed by atoms with E-state index < -0.39 is 0 Å². The van der Waals surface area contributed by atoms with Crippen LogP contribution < -0.4 is 10.6 Å². The molecular formula is C26H34N2. The zero-order valence-corrected chi connectivity index (χ0v) is 18.3. The molecular weight excluding hydrogens is 340 g/mol. The minimum Gasteiger partial charge on any atom is -0.359 e. The molecule has 2 aromatic rings. The summed E-state index contributed by atoms with van der Waals surface area (Å²) in [4.78, 5) is 0. The lowest BCUT2D eigenvalue weighted by Crippen LogP contribution is -2.11. The van der Waals surface area contributed by atoms with Gasteiger partial charge in [0, 0.05) is 35.6 Å². The Morgan fingerprint density at radius 3 is 1.32 bits per heavy atom. The first kappa shape index (κ1) is 20.3. The van der Waals surface area contributed by atoms with Gasteiger partial charge in [0.05, 0.1) is 0 Å². The van der Waals surface area contributed by atoms with E-state index in [-0.39, 0.29) is 10.8 Å². The van der Waals surface area contributed by atoms with E-state index in [1.165, 1.54) is 33.6 Å². The molecule has 0 aliphatic carbocycles. The zero-order chi connectivity index (χ0) is 20.7. The van der Waals surface area contributed by atoms with Crippen LogP contribution in [-0.4, -0.2) is 0 Å². The molecule has 0 saturated carbocycles. The van der Waals surface area contributed by atoms with Crippen molar-refractivity contribution in [1.82, 2.24) is 0 Å². The Balaban J connectivity index is 0.000000161. The fourth-order valence-corrected chi connectivity index (χ4v) is 3.59. The molecule has 0 spiro atoms. The van der Waals surface area contributed by atoms with E-state index in [2.05, 4.69) is 102 Å². The molecule has 2 nitrogen and oxygen atoms in total. The molecule has 28 heavy (non-hydrogen) atoms. The number of nitrogens with one attached hydrogen (secondary N) is 2. The second-order valence-electron chi connectivity index (χ2n) is 10.1. The second kappa shape index (κ2) is 7.16. The molecule has 0 unspecified atom stereocenters. The minimum atomic E-state index is 0.235. The molecule has 0 atom stereocenters. The summed E-state index contributed by atoms with van der Waals surface area (Å²) in [6, 6.07) is 13.3. The van der Waals surface area contributed by atoms with E-state index in [0.717, 1.165) is 24.2 Å². The highest BCUT2D eigenvalue weighted by Crippen LogP contribution is 2.33. The third kappa shape index (κ3) is 4.49. The van der Waals surface area contributed by atoms with Gasteiger partial charge in [0.25, 0.3) is 0 Å². The maximum absolute atomic E-state index is 3.95. The molecule has 2 N–H and O–H groups in total. The maximum Gasteiger partial charge on any atom is 0.0418 e. The standard InChI is InChI=1S/2C13H17N/c2*1-9-7-10-8-11(13(2,3)4)5-6-12(10)14-9/h2*5-6,8,14H,1,7H2,2-4H3. The molecule has 0 fully saturated rings. The van der Waals surface area contributed by atoms with Gasteiger partial charge < -0.3 is 10.6 Å². The van der Waals surface area contributed by atoms with Crippen molar-refractivity contribution in [2.75, 3.05) is 10.6 Å². The number of benzene rings is 2. The van der Waals surface area contributed by atoms with Crippen LogP contribution in [0.15, 0.2) is 61.0 Å². The summed E-state index contributed by atoms with van der Waals surface area (Å²) in [5.41, 5.74) is 10.7. The van der Waals surface area contributed by atoms with Gasteiger partial charge in [-0.1, -0.05) is 79.0 Å². The highest BCUT2D eigenvalue weighted by atomic mass is 14.9.